The zero-order valence-electron chi connectivity index (χ0n) is 37.2. The van der Waals surface area contributed by atoms with Gasteiger partial charge in [-0.3, -0.25) is 9.97 Å². The third-order valence-corrected chi connectivity index (χ3v) is 10.6. The van der Waals surface area contributed by atoms with E-state index in [0.717, 1.165) is 12.7 Å². The van der Waals surface area contributed by atoms with Crippen molar-refractivity contribution < 1.29 is 60.7 Å². The summed E-state index contributed by atoms with van der Waals surface area (Å²) in [6, 6.07) is 13.0. The third kappa shape index (κ3) is 14.3. The van der Waals surface area contributed by atoms with Crippen molar-refractivity contribution in [3.8, 4) is 0 Å². The molecule has 3 radical (unpaired) electrons. The van der Waals surface area contributed by atoms with Gasteiger partial charge >= 0.3 is 29.6 Å². The molecule has 2 aromatic carbocycles. The van der Waals surface area contributed by atoms with Crippen LogP contribution in [0.25, 0.3) is 31.8 Å². The number of carbonyl (C=O) groups is 1. The van der Waals surface area contributed by atoms with Crippen LogP contribution in [0.3, 0.4) is 0 Å². The zero-order valence-corrected chi connectivity index (χ0v) is 39.2. The van der Waals surface area contributed by atoms with Crippen LogP contribution in [0.2, 0.25) is 0 Å². The van der Waals surface area contributed by atoms with Crippen molar-refractivity contribution in [2.45, 2.75) is 84.0 Å². The molecule has 4 aromatic heterocycles. The maximum atomic E-state index is 14.5. The molecule has 2 atom stereocenters. The van der Waals surface area contributed by atoms with E-state index in [-0.39, 0.29) is 97.5 Å². The summed E-state index contributed by atoms with van der Waals surface area (Å²) in [7, 11) is 0. The first-order valence-electron chi connectivity index (χ1n) is 20.6. The average Bonchev–Trinajstić information content (AvgIpc) is 3.85. The van der Waals surface area contributed by atoms with Gasteiger partial charge in [0.15, 0.2) is 0 Å². The monoisotopic (exact) mass is 948 g/mol. The van der Waals surface area contributed by atoms with E-state index in [1.807, 2.05) is 18.7 Å². The van der Waals surface area contributed by atoms with E-state index in [1.165, 1.54) is 36.7 Å². The Bertz CT molecular complexity index is 2650. The molecule has 8 rings (SSSR count). The first-order chi connectivity index (χ1) is 31.2. The molecule has 0 aliphatic carbocycles. The quantitative estimate of drug-likeness (QED) is 0.0760. The van der Waals surface area contributed by atoms with Crippen LogP contribution in [-0.2, 0) is 17.9 Å². The van der Waals surface area contributed by atoms with Crippen molar-refractivity contribution in [3.63, 3.8) is 0 Å². The predicted molar refractivity (Wildman–Crippen MR) is 246 cm³/mol. The number of nitrogens with one attached hydrogen (secondary N) is 1. The Balaban J connectivity index is 0.000000404. The predicted octanol–water partition coefficient (Wildman–Crippen LogP) is 5.68. The van der Waals surface area contributed by atoms with Crippen molar-refractivity contribution >= 4 is 60.0 Å². The average molecular weight is 949 g/mol. The van der Waals surface area contributed by atoms with Crippen molar-refractivity contribution in [2.24, 2.45) is 5.73 Å². The van der Waals surface area contributed by atoms with E-state index in [2.05, 4.69) is 34.9 Å². The van der Waals surface area contributed by atoms with Gasteiger partial charge in [-0.25, -0.2) is 46.0 Å². The number of pyridine rings is 2. The Labute approximate surface area is 416 Å². The SMILES string of the molecule is C.CCC=O.[B].[C-]#N.[C-]#[N+]c1ccc(Cn2c(N3CCC(F)(F)[C@H](N)C3)nc3ccc(F)cc32)nc1.[C-]#[N+]c1ccc(Cn2c(N3CCC(F)(F)[C@H](NCCC)C3)nc3ccc(F)cc32)nc1.[Na+]. The number of carbonyl (C=O) groups excluding carboxylic acids is 1. The fourth-order valence-electron chi connectivity index (χ4n) is 7.17. The molecule has 2 aliphatic rings. The minimum absolute atomic E-state index is 0. The van der Waals surface area contributed by atoms with Crippen LogP contribution in [0.15, 0.2) is 73.1 Å². The van der Waals surface area contributed by atoms with Crippen molar-refractivity contribution in [1.82, 2.24) is 34.4 Å². The van der Waals surface area contributed by atoms with Crippen LogP contribution in [0.5, 0.6) is 0 Å². The molecular weight excluding hydrogens is 898 g/mol. The Morgan fingerprint density at radius 1 is 0.779 bits per heavy atom. The van der Waals surface area contributed by atoms with E-state index in [4.69, 9.17) is 30.7 Å². The molecule has 14 nitrogen and oxygen atoms in total. The number of fused-ring (bicyclic) bond motifs is 2. The number of piperidine rings is 2. The third-order valence-electron chi connectivity index (χ3n) is 10.6. The molecule has 2 aliphatic heterocycles. The minimum atomic E-state index is -2.92. The Morgan fingerprint density at radius 2 is 1.22 bits per heavy atom. The molecule has 22 heteroatoms. The van der Waals surface area contributed by atoms with E-state index < -0.39 is 35.6 Å². The number of benzene rings is 2. The van der Waals surface area contributed by atoms with E-state index in [0.29, 0.717) is 69.7 Å². The number of hydrogen-bond donors (Lipinski definition) is 2. The number of imidazole rings is 2. The van der Waals surface area contributed by atoms with E-state index in [1.54, 1.807) is 50.4 Å². The maximum absolute atomic E-state index is 14.5. The molecule has 6 aromatic rings. The number of rotatable bonds is 10. The number of alkyl halides is 4. The largest absolute Gasteiger partial charge is 1.00 e. The summed E-state index contributed by atoms with van der Waals surface area (Å²) in [5.41, 5.74) is 10.1. The van der Waals surface area contributed by atoms with Gasteiger partial charge < -0.3 is 46.6 Å². The zero-order chi connectivity index (χ0) is 47.3. The molecule has 0 bridgehead atoms. The van der Waals surface area contributed by atoms with Gasteiger partial charge in [-0.05, 0) is 61.5 Å². The van der Waals surface area contributed by atoms with Gasteiger partial charge in [0.1, 0.15) is 17.9 Å². The van der Waals surface area contributed by atoms with Crippen LogP contribution in [0.1, 0.15) is 58.3 Å². The second kappa shape index (κ2) is 26.5. The van der Waals surface area contributed by atoms with Gasteiger partial charge in [0.2, 0.25) is 23.3 Å². The molecule has 3 N–H and O–H groups in total. The summed E-state index contributed by atoms with van der Waals surface area (Å²) < 4.78 is 87.9. The number of aromatic nitrogens is 6. The fourth-order valence-corrected chi connectivity index (χ4v) is 7.17. The Kier molecular flexibility index (Phi) is 22.7. The van der Waals surface area contributed by atoms with Crippen LogP contribution in [0, 0.1) is 36.6 Å². The Hall–Kier alpha value is -6.02. The number of nitrogens with zero attached hydrogens (tertiary/aromatic N) is 11. The molecule has 68 heavy (non-hydrogen) atoms. The summed E-state index contributed by atoms with van der Waals surface area (Å²) in [5, 5.41) is 9.21. The number of nitrogens with two attached hydrogens (primary N) is 1. The number of hydrogen-bond acceptors (Lipinski definition) is 10. The number of halogens is 6. The van der Waals surface area contributed by atoms with Crippen LogP contribution in [0.4, 0.5) is 49.6 Å². The standard InChI is InChI=1S/C22H23F3N6.C19H17F3N6.C3H6O.CN.CH4.B.Na/c1-3-9-27-20-14-30(10-8-22(20,24)25)21-29-18-7-4-15(23)11-19(18)31(21)13-17-6-5-16(26-2)12-28-17;1-24-13-3-4-14(25-9-13)10-28-16-8-12(20)2-5-15(16)26-18(28)27-7-6-19(21,22)17(23)11-27;1-2-3-4;1-2;;;/h4-7,11-12,20,27H,3,8-10,13-14H2,1H3;2-5,8-9,17H,6-7,10-11,23H2;3H,2H2,1H3;;1H4;;/q;;;-1;;;+1/t20-;17-;;;;;/m11...../s1. The minimum Gasteiger partial charge on any atom is -0.512 e. The summed E-state index contributed by atoms with van der Waals surface area (Å²) >= 11 is 0. The summed E-state index contributed by atoms with van der Waals surface area (Å²) in [4.78, 5) is 37.1. The smallest absolute Gasteiger partial charge is 0.512 e. The topological polar surface area (TPSA) is 156 Å². The van der Waals surface area contributed by atoms with Gasteiger partial charge in [-0.2, -0.15) is 0 Å². The fraction of sp³-hybridized carbons (Fsp3) is 0.391. The van der Waals surface area contributed by atoms with Crippen molar-refractivity contribution in [3.05, 3.63) is 125 Å². The molecule has 6 heterocycles. The van der Waals surface area contributed by atoms with Crippen LogP contribution >= 0.6 is 0 Å². The molecule has 351 valence electrons. The van der Waals surface area contributed by atoms with Gasteiger partial charge in [0, 0.05) is 66.2 Å². The van der Waals surface area contributed by atoms with Crippen LogP contribution < -0.4 is 50.4 Å². The summed E-state index contributed by atoms with van der Waals surface area (Å²) in [5.74, 6) is -5.58. The van der Waals surface area contributed by atoms with E-state index >= 15 is 0 Å². The van der Waals surface area contributed by atoms with Gasteiger partial charge in [0.25, 0.3) is 11.8 Å². The first-order valence-corrected chi connectivity index (χ1v) is 20.6. The normalized spacial score (nSPS) is 16.5. The Morgan fingerprint density at radius 3 is 1.60 bits per heavy atom. The molecule has 0 saturated carbocycles. The van der Waals surface area contributed by atoms with Crippen molar-refractivity contribution in [1.29, 1.82) is 5.26 Å². The molecule has 0 spiro atoms. The summed E-state index contributed by atoms with van der Waals surface area (Å²) in [6.07, 6.45) is 4.55. The molecule has 2 fully saturated rings. The van der Waals surface area contributed by atoms with Gasteiger partial charge in [-0.1, -0.05) is 33.4 Å². The summed E-state index contributed by atoms with van der Waals surface area (Å²) in [6.45, 7) is 23.9. The molecule has 2 saturated heterocycles. The van der Waals surface area contributed by atoms with Crippen LogP contribution in [-0.4, -0.2) is 100 Å². The first kappa shape index (κ1) is 58.1. The number of aldehydes is 1. The van der Waals surface area contributed by atoms with Gasteiger partial charge in [-0.15, -0.1) is 0 Å². The molecule has 0 unspecified atom stereocenters. The maximum Gasteiger partial charge on any atom is 1.00 e. The molecule has 0 amide bonds. The van der Waals surface area contributed by atoms with Gasteiger partial charge in [0.05, 0.1) is 71.8 Å². The van der Waals surface area contributed by atoms with Crippen molar-refractivity contribution in [2.75, 3.05) is 42.5 Å². The molecular formula is C46H50BF6N13NaO. The number of anilines is 2. The second-order valence-corrected chi connectivity index (χ2v) is 15.1. The van der Waals surface area contributed by atoms with E-state index in [9.17, 15) is 31.1 Å². The second-order valence-electron chi connectivity index (χ2n) is 15.1.